The van der Waals surface area contributed by atoms with Gasteiger partial charge in [-0.15, -0.1) is 0 Å². The van der Waals surface area contributed by atoms with E-state index in [-0.39, 0.29) is 23.7 Å². The largest absolute Gasteiger partial charge is 0.342 e. The first kappa shape index (κ1) is 11.6. The average molecular weight is 224 g/mol. The molecule has 2 saturated heterocycles. The molecule has 2 fully saturated rings. The van der Waals surface area contributed by atoms with Gasteiger partial charge in [0.2, 0.25) is 5.91 Å². The number of hydrogen-bond donors (Lipinski definition) is 1. The molecular formula is C12H20N2O2. The highest BCUT2D eigenvalue weighted by atomic mass is 16.2. The van der Waals surface area contributed by atoms with Crippen molar-refractivity contribution in [3.63, 3.8) is 0 Å². The maximum atomic E-state index is 12.2. The number of ketones is 1. The second kappa shape index (κ2) is 4.95. The van der Waals surface area contributed by atoms with Gasteiger partial charge in [0.05, 0.1) is 12.0 Å². The molecule has 2 atom stereocenters. The molecule has 0 aromatic carbocycles. The van der Waals surface area contributed by atoms with Crippen molar-refractivity contribution in [3.05, 3.63) is 0 Å². The van der Waals surface area contributed by atoms with Crippen LogP contribution in [-0.4, -0.2) is 42.3 Å². The Bertz CT molecular complexity index is 285. The third-order valence-corrected chi connectivity index (χ3v) is 3.63. The molecule has 2 aliphatic heterocycles. The van der Waals surface area contributed by atoms with Gasteiger partial charge in [0.15, 0.2) is 0 Å². The van der Waals surface area contributed by atoms with Crippen molar-refractivity contribution in [2.24, 2.45) is 5.92 Å². The topological polar surface area (TPSA) is 49.4 Å². The molecule has 16 heavy (non-hydrogen) atoms. The summed E-state index contributed by atoms with van der Waals surface area (Å²) < 4.78 is 0. The maximum absolute atomic E-state index is 12.2. The lowest BCUT2D eigenvalue weighted by molar-refractivity contribution is -0.139. The van der Waals surface area contributed by atoms with Crippen LogP contribution in [-0.2, 0) is 9.59 Å². The number of nitrogens with one attached hydrogen (secondary N) is 1. The highest BCUT2D eigenvalue weighted by molar-refractivity contribution is 5.90. The number of carbonyl (C=O) groups is 2. The summed E-state index contributed by atoms with van der Waals surface area (Å²) in [5.41, 5.74) is 0. The molecule has 2 rings (SSSR count). The van der Waals surface area contributed by atoms with Gasteiger partial charge >= 0.3 is 0 Å². The van der Waals surface area contributed by atoms with Gasteiger partial charge in [-0.05, 0) is 39.2 Å². The second-order valence-corrected chi connectivity index (χ2v) is 4.82. The lowest BCUT2D eigenvalue weighted by Crippen LogP contribution is -2.52. The van der Waals surface area contributed by atoms with Crippen LogP contribution in [0.15, 0.2) is 0 Å². The van der Waals surface area contributed by atoms with Gasteiger partial charge in [-0.2, -0.15) is 0 Å². The van der Waals surface area contributed by atoms with E-state index in [2.05, 4.69) is 5.32 Å². The predicted molar refractivity (Wildman–Crippen MR) is 61.0 cm³/mol. The molecule has 1 amide bonds. The van der Waals surface area contributed by atoms with Crippen molar-refractivity contribution in [1.82, 2.24) is 10.2 Å². The molecule has 4 heteroatoms. The Kier molecular flexibility index (Phi) is 3.59. The van der Waals surface area contributed by atoms with E-state index in [0.717, 1.165) is 45.3 Å². The van der Waals surface area contributed by atoms with Crippen LogP contribution in [0.3, 0.4) is 0 Å². The summed E-state index contributed by atoms with van der Waals surface area (Å²) in [5.74, 6) is 0.159. The quantitative estimate of drug-likeness (QED) is 0.746. The molecule has 0 unspecified atom stereocenters. The molecule has 0 radical (unpaired) electrons. The number of likely N-dealkylation sites (tertiary alicyclic amines) is 1. The van der Waals surface area contributed by atoms with Gasteiger partial charge in [-0.25, -0.2) is 0 Å². The Morgan fingerprint density at radius 3 is 2.50 bits per heavy atom. The van der Waals surface area contributed by atoms with Crippen molar-refractivity contribution in [2.45, 2.75) is 38.6 Å². The zero-order valence-electron chi connectivity index (χ0n) is 9.87. The fourth-order valence-electron chi connectivity index (χ4n) is 2.75. The SMILES string of the molecule is CC(=O)[C@@H]1NCCC[C@@H]1C(=O)N1CCCC1. The zero-order chi connectivity index (χ0) is 11.5. The van der Waals surface area contributed by atoms with Crippen LogP contribution in [0.2, 0.25) is 0 Å². The predicted octanol–water partition coefficient (Wildman–Crippen LogP) is 0.566. The molecular weight excluding hydrogens is 204 g/mol. The zero-order valence-corrected chi connectivity index (χ0v) is 9.87. The molecule has 2 heterocycles. The van der Waals surface area contributed by atoms with E-state index in [1.165, 1.54) is 0 Å². The number of amides is 1. The summed E-state index contributed by atoms with van der Waals surface area (Å²) in [7, 11) is 0. The van der Waals surface area contributed by atoms with Crippen molar-refractivity contribution < 1.29 is 9.59 Å². The average Bonchev–Trinajstić information content (AvgIpc) is 2.81. The van der Waals surface area contributed by atoms with Crippen molar-refractivity contribution >= 4 is 11.7 Å². The minimum atomic E-state index is -0.248. The molecule has 0 bridgehead atoms. The number of rotatable bonds is 2. The number of carbonyl (C=O) groups excluding carboxylic acids is 2. The molecule has 90 valence electrons. The van der Waals surface area contributed by atoms with Crippen molar-refractivity contribution in [3.8, 4) is 0 Å². The second-order valence-electron chi connectivity index (χ2n) is 4.82. The van der Waals surface area contributed by atoms with Gasteiger partial charge in [-0.3, -0.25) is 9.59 Å². The smallest absolute Gasteiger partial charge is 0.227 e. The first-order valence-corrected chi connectivity index (χ1v) is 6.23. The lowest BCUT2D eigenvalue weighted by atomic mass is 9.87. The molecule has 0 aromatic heterocycles. The summed E-state index contributed by atoms with van der Waals surface area (Å²) in [5, 5.41) is 3.18. The van der Waals surface area contributed by atoms with Gasteiger partial charge in [0.25, 0.3) is 0 Å². The summed E-state index contributed by atoms with van der Waals surface area (Å²) in [6, 6.07) is -0.248. The summed E-state index contributed by atoms with van der Waals surface area (Å²) in [4.78, 5) is 25.7. The van der Waals surface area contributed by atoms with E-state index in [1.807, 2.05) is 4.90 Å². The van der Waals surface area contributed by atoms with Gasteiger partial charge in [0, 0.05) is 13.1 Å². The third-order valence-electron chi connectivity index (χ3n) is 3.63. The molecule has 0 aromatic rings. The Balaban J connectivity index is 2.04. The van der Waals surface area contributed by atoms with Crippen LogP contribution in [0.25, 0.3) is 0 Å². The number of Topliss-reactive ketones (excluding diaryl/α,β-unsaturated/α-hetero) is 1. The fourth-order valence-corrected chi connectivity index (χ4v) is 2.75. The maximum Gasteiger partial charge on any atom is 0.227 e. The first-order valence-electron chi connectivity index (χ1n) is 6.23. The van der Waals surface area contributed by atoms with Crippen molar-refractivity contribution in [2.75, 3.05) is 19.6 Å². The van der Waals surface area contributed by atoms with Crippen LogP contribution in [0.5, 0.6) is 0 Å². The molecule has 1 N–H and O–H groups in total. The van der Waals surface area contributed by atoms with E-state index in [9.17, 15) is 9.59 Å². The summed E-state index contributed by atoms with van der Waals surface area (Å²) in [6.07, 6.45) is 4.06. The minimum absolute atomic E-state index is 0.0947. The summed E-state index contributed by atoms with van der Waals surface area (Å²) in [6.45, 7) is 4.18. The van der Waals surface area contributed by atoms with Gasteiger partial charge < -0.3 is 10.2 Å². The van der Waals surface area contributed by atoms with E-state index in [0.29, 0.717) is 0 Å². The van der Waals surface area contributed by atoms with E-state index >= 15 is 0 Å². The summed E-state index contributed by atoms with van der Waals surface area (Å²) >= 11 is 0. The van der Waals surface area contributed by atoms with Gasteiger partial charge in [-0.1, -0.05) is 0 Å². The first-order chi connectivity index (χ1) is 7.70. The highest BCUT2D eigenvalue weighted by Gasteiger charge is 2.36. The molecule has 0 spiro atoms. The van der Waals surface area contributed by atoms with E-state index < -0.39 is 0 Å². The normalized spacial score (nSPS) is 30.4. The third kappa shape index (κ3) is 2.26. The fraction of sp³-hybridized carbons (Fsp3) is 0.833. The minimum Gasteiger partial charge on any atom is -0.342 e. The Hall–Kier alpha value is -0.900. The lowest BCUT2D eigenvalue weighted by Gasteiger charge is -2.32. The Morgan fingerprint density at radius 2 is 1.88 bits per heavy atom. The van der Waals surface area contributed by atoms with Crippen LogP contribution < -0.4 is 5.32 Å². The van der Waals surface area contributed by atoms with Crippen molar-refractivity contribution in [1.29, 1.82) is 0 Å². The Labute approximate surface area is 96.4 Å². The van der Waals surface area contributed by atoms with E-state index in [4.69, 9.17) is 0 Å². The molecule has 2 aliphatic rings. The Morgan fingerprint density at radius 1 is 1.19 bits per heavy atom. The van der Waals surface area contributed by atoms with Crippen LogP contribution in [0.1, 0.15) is 32.6 Å². The monoisotopic (exact) mass is 224 g/mol. The van der Waals surface area contributed by atoms with Gasteiger partial charge in [0.1, 0.15) is 5.78 Å². The highest BCUT2D eigenvalue weighted by Crippen LogP contribution is 2.22. The molecule has 0 saturated carbocycles. The standard InChI is InChI=1S/C12H20N2O2/c1-9(15)11-10(5-4-6-13-11)12(16)14-7-2-3-8-14/h10-11,13H,2-8H2,1H3/t10-,11-/m0/s1. The number of hydrogen-bond acceptors (Lipinski definition) is 3. The molecule has 4 nitrogen and oxygen atoms in total. The van der Waals surface area contributed by atoms with Crippen LogP contribution in [0.4, 0.5) is 0 Å². The van der Waals surface area contributed by atoms with E-state index in [1.54, 1.807) is 6.92 Å². The number of nitrogens with zero attached hydrogens (tertiary/aromatic N) is 1. The molecule has 0 aliphatic carbocycles. The van der Waals surface area contributed by atoms with Crippen LogP contribution in [0, 0.1) is 5.92 Å². The number of piperidine rings is 1. The van der Waals surface area contributed by atoms with Crippen LogP contribution >= 0.6 is 0 Å².